The molecule has 0 spiro atoms. The lowest BCUT2D eigenvalue weighted by atomic mass is 10.0. The monoisotopic (exact) mass is 362 g/mol. The van der Waals surface area contributed by atoms with E-state index in [0.29, 0.717) is 28.0 Å². The summed E-state index contributed by atoms with van der Waals surface area (Å²) >= 11 is 6.28. The topological polar surface area (TPSA) is 94.0 Å². The van der Waals surface area contributed by atoms with Crippen molar-refractivity contribution in [2.75, 3.05) is 20.8 Å². The summed E-state index contributed by atoms with van der Waals surface area (Å²) in [6.07, 6.45) is -0.850. The second kappa shape index (κ2) is 6.39. The SMILES string of the molecule is CCOC(=O)[C@]1(C#N)O[C@H]1c1cc2c(OC)ccc(OC)c2nc1Cl. The Hall–Kier alpha value is -2.56. The van der Waals surface area contributed by atoms with Gasteiger partial charge in [0.25, 0.3) is 5.60 Å². The lowest BCUT2D eigenvalue weighted by Crippen LogP contribution is -2.26. The Morgan fingerprint density at radius 1 is 1.40 bits per heavy atom. The van der Waals surface area contributed by atoms with E-state index in [9.17, 15) is 10.1 Å². The van der Waals surface area contributed by atoms with Gasteiger partial charge in [0.05, 0.1) is 20.8 Å². The zero-order chi connectivity index (χ0) is 18.2. The maximum absolute atomic E-state index is 12.1. The van der Waals surface area contributed by atoms with Crippen molar-refractivity contribution in [1.82, 2.24) is 4.98 Å². The fourth-order valence-corrected chi connectivity index (χ4v) is 2.93. The average molecular weight is 363 g/mol. The van der Waals surface area contributed by atoms with Gasteiger partial charge in [-0.3, -0.25) is 0 Å². The van der Waals surface area contributed by atoms with Gasteiger partial charge in [0.1, 0.15) is 34.3 Å². The van der Waals surface area contributed by atoms with Crippen LogP contribution in [0.15, 0.2) is 18.2 Å². The Morgan fingerprint density at radius 2 is 2.08 bits per heavy atom. The van der Waals surface area contributed by atoms with E-state index in [4.69, 9.17) is 30.5 Å². The van der Waals surface area contributed by atoms with Crippen LogP contribution in [0.5, 0.6) is 11.5 Å². The summed E-state index contributed by atoms with van der Waals surface area (Å²) in [7, 11) is 3.05. The minimum absolute atomic E-state index is 0.116. The second-order valence-electron chi connectivity index (χ2n) is 5.30. The van der Waals surface area contributed by atoms with Gasteiger partial charge in [-0.05, 0) is 25.1 Å². The summed E-state index contributed by atoms with van der Waals surface area (Å²) < 4.78 is 21.0. The molecule has 1 aromatic carbocycles. The maximum Gasteiger partial charge on any atom is 0.356 e. The van der Waals surface area contributed by atoms with E-state index in [1.54, 1.807) is 25.1 Å². The van der Waals surface area contributed by atoms with Crippen LogP contribution in [-0.2, 0) is 14.3 Å². The van der Waals surface area contributed by atoms with Crippen LogP contribution in [-0.4, -0.2) is 37.4 Å². The molecule has 1 saturated heterocycles. The zero-order valence-electron chi connectivity index (χ0n) is 13.8. The first-order chi connectivity index (χ1) is 12.0. The molecule has 2 aromatic rings. The number of carbonyl (C=O) groups excluding carboxylic acids is 1. The minimum atomic E-state index is -1.69. The number of ether oxygens (including phenoxy) is 4. The fraction of sp³-hybridized carbons (Fsp3) is 0.353. The van der Waals surface area contributed by atoms with Gasteiger partial charge in [0, 0.05) is 10.9 Å². The van der Waals surface area contributed by atoms with Crippen LogP contribution >= 0.6 is 11.6 Å². The molecule has 1 aromatic heterocycles. The normalized spacial score (nSPS) is 21.5. The van der Waals surface area contributed by atoms with Crippen molar-refractivity contribution in [3.63, 3.8) is 0 Å². The third kappa shape index (κ3) is 2.64. The van der Waals surface area contributed by atoms with Crippen molar-refractivity contribution in [2.45, 2.75) is 18.6 Å². The number of epoxide rings is 1. The molecule has 0 N–H and O–H groups in total. The zero-order valence-corrected chi connectivity index (χ0v) is 14.6. The molecule has 0 amide bonds. The minimum Gasteiger partial charge on any atom is -0.496 e. The van der Waals surface area contributed by atoms with Crippen molar-refractivity contribution < 1.29 is 23.7 Å². The molecule has 0 saturated carbocycles. The van der Waals surface area contributed by atoms with Crippen LogP contribution in [0.25, 0.3) is 10.9 Å². The van der Waals surface area contributed by atoms with Crippen molar-refractivity contribution in [3.8, 4) is 17.6 Å². The number of fused-ring (bicyclic) bond motifs is 1. The molecule has 8 heteroatoms. The van der Waals surface area contributed by atoms with E-state index in [0.717, 1.165) is 0 Å². The number of hydrogen-bond donors (Lipinski definition) is 0. The molecule has 25 heavy (non-hydrogen) atoms. The van der Waals surface area contributed by atoms with Gasteiger partial charge in [-0.15, -0.1) is 0 Å². The highest BCUT2D eigenvalue weighted by atomic mass is 35.5. The van der Waals surface area contributed by atoms with E-state index < -0.39 is 17.7 Å². The molecule has 0 unspecified atom stereocenters. The third-order valence-corrected chi connectivity index (χ3v) is 4.27. The number of halogens is 1. The number of benzene rings is 1. The number of methoxy groups -OCH3 is 2. The van der Waals surface area contributed by atoms with Crippen molar-refractivity contribution in [1.29, 1.82) is 5.26 Å². The molecular formula is C17H15ClN2O5. The molecule has 7 nitrogen and oxygen atoms in total. The molecule has 3 rings (SSSR count). The maximum atomic E-state index is 12.1. The second-order valence-corrected chi connectivity index (χ2v) is 5.66. The van der Waals surface area contributed by atoms with Crippen LogP contribution in [0.1, 0.15) is 18.6 Å². The van der Waals surface area contributed by atoms with Crippen LogP contribution in [0.4, 0.5) is 0 Å². The number of carbonyl (C=O) groups is 1. The number of nitriles is 1. The highest BCUT2D eigenvalue weighted by molar-refractivity contribution is 6.31. The van der Waals surface area contributed by atoms with Crippen LogP contribution in [0.3, 0.4) is 0 Å². The van der Waals surface area contributed by atoms with Crippen molar-refractivity contribution in [3.05, 3.63) is 28.9 Å². The molecule has 2 atom stereocenters. The van der Waals surface area contributed by atoms with E-state index in [2.05, 4.69) is 4.98 Å². The number of pyridine rings is 1. The number of rotatable bonds is 5. The largest absolute Gasteiger partial charge is 0.496 e. The Kier molecular flexibility index (Phi) is 4.41. The first kappa shape index (κ1) is 17.3. The lowest BCUT2D eigenvalue weighted by Gasteiger charge is -2.11. The van der Waals surface area contributed by atoms with Gasteiger partial charge in [-0.1, -0.05) is 11.6 Å². The molecule has 1 aliphatic heterocycles. The highest BCUT2D eigenvalue weighted by Gasteiger charge is 2.66. The standard InChI is InChI=1S/C17H15ClN2O5/c1-4-24-16(21)17(8-19)14(25-17)10-7-9-11(22-2)5-6-12(23-3)13(9)20-15(10)18/h5-7,14H,4H2,1-3H3/t14-,17+/m0/s1. The van der Waals surface area contributed by atoms with Crippen LogP contribution < -0.4 is 9.47 Å². The van der Waals surface area contributed by atoms with Gasteiger partial charge in [0.15, 0.2) is 0 Å². The molecule has 1 aliphatic rings. The van der Waals surface area contributed by atoms with Gasteiger partial charge in [-0.25, -0.2) is 9.78 Å². The third-order valence-electron chi connectivity index (χ3n) is 3.97. The molecular weight excluding hydrogens is 348 g/mol. The quantitative estimate of drug-likeness (QED) is 0.458. The summed E-state index contributed by atoms with van der Waals surface area (Å²) in [6.45, 7) is 1.80. The number of aromatic nitrogens is 1. The summed E-state index contributed by atoms with van der Waals surface area (Å²) in [5, 5.41) is 10.1. The van der Waals surface area contributed by atoms with Crippen molar-refractivity contribution >= 4 is 28.5 Å². The van der Waals surface area contributed by atoms with E-state index in [1.165, 1.54) is 14.2 Å². The average Bonchev–Trinajstić information content (AvgIpc) is 3.36. The predicted octanol–water partition coefficient (Wildman–Crippen LogP) is 2.80. The molecule has 0 radical (unpaired) electrons. The Balaban J connectivity index is 2.11. The fourth-order valence-electron chi connectivity index (χ4n) is 2.69. The van der Waals surface area contributed by atoms with Crippen molar-refractivity contribution in [2.24, 2.45) is 0 Å². The smallest absolute Gasteiger partial charge is 0.356 e. The van der Waals surface area contributed by atoms with Gasteiger partial charge in [-0.2, -0.15) is 5.26 Å². The van der Waals surface area contributed by atoms with E-state index >= 15 is 0 Å². The predicted molar refractivity (Wildman–Crippen MR) is 88.7 cm³/mol. The number of hydrogen-bond acceptors (Lipinski definition) is 7. The van der Waals surface area contributed by atoms with E-state index in [1.807, 2.05) is 6.07 Å². The first-order valence-corrected chi connectivity index (χ1v) is 7.87. The summed E-state index contributed by atoms with van der Waals surface area (Å²) in [6, 6.07) is 7.01. The summed E-state index contributed by atoms with van der Waals surface area (Å²) in [4.78, 5) is 16.4. The Morgan fingerprint density at radius 3 is 2.68 bits per heavy atom. The lowest BCUT2D eigenvalue weighted by molar-refractivity contribution is -0.147. The van der Waals surface area contributed by atoms with Gasteiger partial charge in [0.2, 0.25) is 0 Å². The van der Waals surface area contributed by atoms with Gasteiger partial charge < -0.3 is 18.9 Å². The molecule has 1 fully saturated rings. The summed E-state index contributed by atoms with van der Waals surface area (Å²) in [5.41, 5.74) is -0.772. The Labute approximate surface area is 149 Å². The van der Waals surface area contributed by atoms with Crippen LogP contribution in [0, 0.1) is 11.3 Å². The number of nitrogens with zero attached hydrogens (tertiary/aromatic N) is 2. The Bertz CT molecular complexity index is 895. The first-order valence-electron chi connectivity index (χ1n) is 7.49. The molecule has 0 bridgehead atoms. The molecule has 130 valence electrons. The summed E-state index contributed by atoms with van der Waals surface area (Å²) in [5.74, 6) is 0.342. The molecule has 2 heterocycles. The van der Waals surface area contributed by atoms with E-state index in [-0.39, 0.29) is 11.8 Å². The number of esters is 1. The highest BCUT2D eigenvalue weighted by Crippen LogP contribution is 2.52. The van der Waals surface area contributed by atoms with Crippen LogP contribution in [0.2, 0.25) is 5.15 Å². The molecule has 0 aliphatic carbocycles. The van der Waals surface area contributed by atoms with Gasteiger partial charge >= 0.3 is 5.97 Å².